The van der Waals surface area contributed by atoms with Gasteiger partial charge in [0.25, 0.3) is 5.91 Å². The molecule has 114 valence electrons. The van der Waals surface area contributed by atoms with E-state index in [1.807, 2.05) is 11.0 Å². The van der Waals surface area contributed by atoms with Crippen LogP contribution in [-0.4, -0.2) is 66.1 Å². The molecule has 1 unspecified atom stereocenters. The number of likely N-dealkylation sites (N-methyl/N-ethyl adjacent to an activating group) is 1. The Hall–Kier alpha value is -1.46. The van der Waals surface area contributed by atoms with Gasteiger partial charge in [0.05, 0.1) is 17.8 Å². The second-order valence-corrected chi connectivity index (χ2v) is 6.35. The molecule has 21 heavy (non-hydrogen) atoms. The quantitative estimate of drug-likeness (QED) is 0.826. The third-order valence-corrected chi connectivity index (χ3v) is 4.79. The van der Waals surface area contributed by atoms with Crippen LogP contribution in [0.5, 0.6) is 0 Å². The minimum Gasteiger partial charge on any atom is -0.373 e. The summed E-state index contributed by atoms with van der Waals surface area (Å²) in [6.07, 6.45) is 6.28. The van der Waals surface area contributed by atoms with Crippen molar-refractivity contribution in [3.8, 4) is 0 Å². The summed E-state index contributed by atoms with van der Waals surface area (Å²) in [5.41, 5.74) is 0.660. The SMILES string of the molecule is CN(C)C1COC2(CCN(C(=O)c3cccnc3)CC2)C1. The summed E-state index contributed by atoms with van der Waals surface area (Å²) in [6.45, 7) is 2.35. The summed E-state index contributed by atoms with van der Waals surface area (Å²) in [6, 6.07) is 4.14. The van der Waals surface area contributed by atoms with Gasteiger partial charge in [-0.3, -0.25) is 9.78 Å². The van der Waals surface area contributed by atoms with Crippen LogP contribution >= 0.6 is 0 Å². The molecule has 0 N–H and O–H groups in total. The Bertz CT molecular complexity index is 496. The number of rotatable bonds is 2. The molecule has 2 fully saturated rings. The lowest BCUT2D eigenvalue weighted by Crippen LogP contribution is -2.47. The Morgan fingerprint density at radius 1 is 1.43 bits per heavy atom. The van der Waals surface area contributed by atoms with E-state index >= 15 is 0 Å². The molecule has 0 aromatic carbocycles. The van der Waals surface area contributed by atoms with Crippen LogP contribution in [0, 0.1) is 0 Å². The summed E-state index contributed by atoms with van der Waals surface area (Å²) < 4.78 is 6.10. The van der Waals surface area contributed by atoms with Gasteiger partial charge in [-0.1, -0.05) is 0 Å². The molecule has 2 aliphatic rings. The Morgan fingerprint density at radius 3 is 2.76 bits per heavy atom. The second kappa shape index (κ2) is 5.73. The molecule has 2 saturated heterocycles. The number of aromatic nitrogens is 1. The van der Waals surface area contributed by atoms with E-state index in [1.54, 1.807) is 18.5 Å². The highest BCUT2D eigenvalue weighted by Crippen LogP contribution is 2.37. The predicted molar refractivity (Wildman–Crippen MR) is 80.1 cm³/mol. The topological polar surface area (TPSA) is 45.7 Å². The van der Waals surface area contributed by atoms with Gasteiger partial charge in [0.1, 0.15) is 0 Å². The number of carbonyl (C=O) groups excluding carboxylic acids is 1. The molecule has 0 saturated carbocycles. The Labute approximate surface area is 125 Å². The molecule has 5 nitrogen and oxygen atoms in total. The lowest BCUT2D eigenvalue weighted by Gasteiger charge is -2.38. The third kappa shape index (κ3) is 2.94. The molecule has 1 atom stereocenters. The lowest BCUT2D eigenvalue weighted by molar-refractivity contribution is -0.0392. The van der Waals surface area contributed by atoms with E-state index in [2.05, 4.69) is 24.0 Å². The normalized spacial score (nSPS) is 24.7. The van der Waals surface area contributed by atoms with Crippen molar-refractivity contribution in [3.63, 3.8) is 0 Å². The third-order valence-electron chi connectivity index (χ3n) is 4.79. The minimum atomic E-state index is -0.0132. The van der Waals surface area contributed by atoms with E-state index in [4.69, 9.17) is 4.74 Å². The molecule has 1 amide bonds. The first-order valence-electron chi connectivity index (χ1n) is 7.59. The van der Waals surface area contributed by atoms with Crippen molar-refractivity contribution in [1.82, 2.24) is 14.8 Å². The van der Waals surface area contributed by atoms with Crippen molar-refractivity contribution >= 4 is 5.91 Å². The van der Waals surface area contributed by atoms with Crippen LogP contribution in [0.3, 0.4) is 0 Å². The number of hydrogen-bond donors (Lipinski definition) is 0. The average Bonchev–Trinajstić information content (AvgIpc) is 2.92. The van der Waals surface area contributed by atoms with E-state index < -0.39 is 0 Å². The van der Waals surface area contributed by atoms with E-state index in [-0.39, 0.29) is 11.5 Å². The van der Waals surface area contributed by atoms with Gasteiger partial charge in [-0.2, -0.15) is 0 Å². The van der Waals surface area contributed by atoms with Crippen molar-refractivity contribution < 1.29 is 9.53 Å². The van der Waals surface area contributed by atoms with Crippen molar-refractivity contribution in [2.75, 3.05) is 33.8 Å². The first-order chi connectivity index (χ1) is 10.1. The Balaban J connectivity index is 1.60. The van der Waals surface area contributed by atoms with Crippen LogP contribution in [0.4, 0.5) is 0 Å². The van der Waals surface area contributed by atoms with Gasteiger partial charge in [-0.25, -0.2) is 0 Å². The zero-order valence-electron chi connectivity index (χ0n) is 12.8. The smallest absolute Gasteiger partial charge is 0.255 e. The average molecular weight is 289 g/mol. The van der Waals surface area contributed by atoms with Gasteiger partial charge in [0, 0.05) is 31.5 Å². The van der Waals surface area contributed by atoms with Gasteiger partial charge in [-0.15, -0.1) is 0 Å². The number of nitrogens with zero attached hydrogens (tertiary/aromatic N) is 3. The van der Waals surface area contributed by atoms with Gasteiger partial charge in [0.15, 0.2) is 0 Å². The van der Waals surface area contributed by atoms with E-state index in [1.165, 1.54) is 0 Å². The fraction of sp³-hybridized carbons (Fsp3) is 0.625. The molecule has 3 rings (SSSR count). The van der Waals surface area contributed by atoms with Crippen molar-refractivity contribution in [2.45, 2.75) is 30.9 Å². The number of amides is 1. The van der Waals surface area contributed by atoms with Gasteiger partial charge in [0.2, 0.25) is 0 Å². The monoisotopic (exact) mass is 289 g/mol. The van der Waals surface area contributed by atoms with Crippen LogP contribution < -0.4 is 0 Å². The van der Waals surface area contributed by atoms with Crippen molar-refractivity contribution in [3.05, 3.63) is 30.1 Å². The van der Waals surface area contributed by atoms with Crippen molar-refractivity contribution in [1.29, 1.82) is 0 Å². The largest absolute Gasteiger partial charge is 0.373 e. The summed E-state index contributed by atoms with van der Waals surface area (Å²) in [5.74, 6) is 0.0834. The highest BCUT2D eigenvalue weighted by Gasteiger charge is 2.43. The zero-order valence-corrected chi connectivity index (χ0v) is 12.8. The molecule has 2 aliphatic heterocycles. The molecular formula is C16H23N3O2. The molecule has 1 aromatic heterocycles. The maximum absolute atomic E-state index is 12.4. The summed E-state index contributed by atoms with van der Waals surface area (Å²) in [7, 11) is 4.21. The van der Waals surface area contributed by atoms with Gasteiger partial charge in [-0.05, 0) is 45.5 Å². The summed E-state index contributed by atoms with van der Waals surface area (Å²) >= 11 is 0. The molecule has 1 aromatic rings. The minimum absolute atomic E-state index is 0.0132. The number of hydrogen-bond acceptors (Lipinski definition) is 4. The first kappa shape index (κ1) is 14.5. The van der Waals surface area contributed by atoms with Gasteiger partial charge < -0.3 is 14.5 Å². The number of ether oxygens (including phenoxy) is 1. The highest BCUT2D eigenvalue weighted by atomic mass is 16.5. The zero-order chi connectivity index (χ0) is 14.9. The maximum Gasteiger partial charge on any atom is 0.255 e. The lowest BCUT2D eigenvalue weighted by atomic mass is 9.87. The molecule has 0 bridgehead atoms. The van der Waals surface area contributed by atoms with Crippen LogP contribution in [0.2, 0.25) is 0 Å². The van der Waals surface area contributed by atoms with Crippen LogP contribution in [0.25, 0.3) is 0 Å². The van der Waals surface area contributed by atoms with E-state index in [9.17, 15) is 4.79 Å². The fourth-order valence-electron chi connectivity index (χ4n) is 3.29. The standard InChI is InChI=1S/C16H23N3O2/c1-18(2)14-10-16(21-12-14)5-8-19(9-6-16)15(20)13-4-3-7-17-11-13/h3-4,7,11,14H,5-6,8-10,12H2,1-2H3. The molecule has 5 heteroatoms. The molecule has 0 aliphatic carbocycles. The Morgan fingerprint density at radius 2 is 2.19 bits per heavy atom. The molecule has 1 spiro atoms. The molecular weight excluding hydrogens is 266 g/mol. The molecule has 0 radical (unpaired) electrons. The number of piperidine rings is 1. The van der Waals surface area contributed by atoms with E-state index in [0.29, 0.717) is 11.6 Å². The number of likely N-dealkylation sites (tertiary alicyclic amines) is 1. The first-order valence-corrected chi connectivity index (χ1v) is 7.59. The van der Waals surface area contributed by atoms with Crippen LogP contribution in [0.1, 0.15) is 29.6 Å². The molecule has 3 heterocycles. The predicted octanol–water partition coefficient (Wildman–Crippen LogP) is 1.41. The maximum atomic E-state index is 12.4. The van der Waals surface area contributed by atoms with Crippen molar-refractivity contribution in [2.24, 2.45) is 0 Å². The van der Waals surface area contributed by atoms with E-state index in [0.717, 1.165) is 39.0 Å². The fourth-order valence-corrected chi connectivity index (χ4v) is 3.29. The highest BCUT2D eigenvalue weighted by molar-refractivity contribution is 5.93. The van der Waals surface area contributed by atoms with Crippen LogP contribution in [-0.2, 0) is 4.74 Å². The van der Waals surface area contributed by atoms with Crippen LogP contribution in [0.15, 0.2) is 24.5 Å². The van der Waals surface area contributed by atoms with Gasteiger partial charge >= 0.3 is 0 Å². The Kier molecular flexibility index (Phi) is 3.95. The second-order valence-electron chi connectivity index (χ2n) is 6.35. The number of carbonyl (C=O) groups is 1. The summed E-state index contributed by atoms with van der Waals surface area (Å²) in [5, 5.41) is 0. The number of pyridine rings is 1. The summed E-state index contributed by atoms with van der Waals surface area (Å²) in [4.78, 5) is 20.6.